The quantitative estimate of drug-likeness (QED) is 0.916. The van der Waals surface area contributed by atoms with E-state index in [0.717, 1.165) is 12.0 Å². The third kappa shape index (κ3) is 3.18. The number of halogens is 1. The van der Waals surface area contributed by atoms with Gasteiger partial charge in [0.05, 0.1) is 6.33 Å². The highest BCUT2D eigenvalue weighted by atomic mass is 19.1. The minimum Gasteiger partial charge on any atom is -0.489 e. The molecule has 0 bridgehead atoms. The van der Waals surface area contributed by atoms with Crippen molar-refractivity contribution in [2.75, 3.05) is 6.61 Å². The number of hydrogen-bond acceptors (Lipinski definition) is 2. The van der Waals surface area contributed by atoms with Crippen molar-refractivity contribution in [2.24, 2.45) is 0 Å². The molecular formula is C16H20FNO2. The summed E-state index contributed by atoms with van der Waals surface area (Å²) in [4.78, 5) is 12.0. The molecule has 2 rings (SSSR count). The van der Waals surface area contributed by atoms with Crippen LogP contribution >= 0.6 is 0 Å². The summed E-state index contributed by atoms with van der Waals surface area (Å²) in [5.41, 5.74) is 2.02. The third-order valence-electron chi connectivity index (χ3n) is 3.44. The van der Waals surface area contributed by atoms with Crippen molar-refractivity contribution in [1.82, 2.24) is 5.32 Å². The van der Waals surface area contributed by atoms with Crippen molar-refractivity contribution in [3.8, 4) is 5.75 Å². The first-order valence-electron chi connectivity index (χ1n) is 6.81. The van der Waals surface area contributed by atoms with E-state index in [1.807, 2.05) is 26.8 Å². The maximum absolute atomic E-state index is 12.5. The molecule has 0 aromatic heterocycles. The highest BCUT2D eigenvalue weighted by Crippen LogP contribution is 2.26. The molecule has 0 aliphatic carbocycles. The first kappa shape index (κ1) is 14.6. The highest BCUT2D eigenvalue weighted by molar-refractivity contribution is 5.97. The number of benzene rings is 1. The molecule has 1 aliphatic heterocycles. The number of hydrogen-bond donors (Lipinski definition) is 1. The Morgan fingerprint density at radius 2 is 2.25 bits per heavy atom. The number of carbonyl (C=O) groups excluding carboxylic acids is 1. The van der Waals surface area contributed by atoms with Crippen molar-refractivity contribution in [2.45, 2.75) is 39.2 Å². The lowest BCUT2D eigenvalue weighted by atomic mass is 9.87. The van der Waals surface area contributed by atoms with Gasteiger partial charge in [-0.25, -0.2) is 4.39 Å². The van der Waals surface area contributed by atoms with Crippen LogP contribution in [0.4, 0.5) is 4.39 Å². The van der Waals surface area contributed by atoms with Gasteiger partial charge in [0.2, 0.25) is 0 Å². The van der Waals surface area contributed by atoms with E-state index in [1.54, 1.807) is 12.1 Å². The largest absolute Gasteiger partial charge is 0.489 e. The Bertz CT molecular complexity index is 549. The van der Waals surface area contributed by atoms with Crippen molar-refractivity contribution in [3.63, 3.8) is 0 Å². The fourth-order valence-electron chi connectivity index (χ4n) is 2.31. The number of nitrogens with one attached hydrogen (secondary N) is 1. The topological polar surface area (TPSA) is 38.3 Å². The molecule has 3 nitrogen and oxygen atoms in total. The molecule has 0 radical (unpaired) electrons. The molecule has 0 unspecified atom stereocenters. The third-order valence-corrected chi connectivity index (χ3v) is 3.44. The molecule has 0 spiro atoms. The molecular weight excluding hydrogens is 257 g/mol. The van der Waals surface area contributed by atoms with Gasteiger partial charge < -0.3 is 10.1 Å². The number of carbonyl (C=O) groups is 1. The van der Waals surface area contributed by atoms with Crippen molar-refractivity contribution in [1.29, 1.82) is 0 Å². The van der Waals surface area contributed by atoms with E-state index in [2.05, 4.69) is 5.32 Å². The minimum atomic E-state index is -0.254. The van der Waals surface area contributed by atoms with Gasteiger partial charge in [0.15, 0.2) is 0 Å². The van der Waals surface area contributed by atoms with Gasteiger partial charge in [-0.15, -0.1) is 0 Å². The van der Waals surface area contributed by atoms with Crippen LogP contribution in [-0.2, 0) is 6.42 Å². The smallest absolute Gasteiger partial charge is 0.251 e. The summed E-state index contributed by atoms with van der Waals surface area (Å²) >= 11 is 0. The zero-order chi connectivity index (χ0) is 14.8. The molecule has 0 fully saturated rings. The van der Waals surface area contributed by atoms with Crippen LogP contribution < -0.4 is 10.1 Å². The molecule has 1 aromatic rings. The summed E-state index contributed by atoms with van der Waals surface area (Å²) in [6, 6.07) is 5.39. The van der Waals surface area contributed by atoms with Gasteiger partial charge in [0, 0.05) is 11.1 Å². The zero-order valence-electron chi connectivity index (χ0n) is 12.1. The number of fused-ring (bicyclic) bond motifs is 1. The Morgan fingerprint density at radius 1 is 1.50 bits per heavy atom. The first-order valence-corrected chi connectivity index (χ1v) is 6.81. The SMILES string of the molecule is CCC(=CF)COc1ccc2c(c1)CC(C)(C)NC2=O. The molecule has 1 aromatic carbocycles. The Hall–Kier alpha value is -1.84. The van der Waals surface area contributed by atoms with Gasteiger partial charge in [-0.3, -0.25) is 4.79 Å². The van der Waals surface area contributed by atoms with E-state index in [1.165, 1.54) is 0 Å². The van der Waals surface area contributed by atoms with E-state index in [0.29, 0.717) is 29.6 Å². The first-order chi connectivity index (χ1) is 9.45. The average molecular weight is 277 g/mol. The van der Waals surface area contributed by atoms with Crippen LogP contribution in [0, 0.1) is 0 Å². The maximum atomic E-state index is 12.5. The summed E-state index contributed by atoms with van der Waals surface area (Å²) in [5.74, 6) is 0.614. The number of ether oxygens (including phenoxy) is 1. The van der Waals surface area contributed by atoms with E-state index in [4.69, 9.17) is 4.74 Å². The molecule has 0 saturated carbocycles. The lowest BCUT2D eigenvalue weighted by molar-refractivity contribution is 0.0897. The van der Waals surface area contributed by atoms with Crippen LogP contribution in [-0.4, -0.2) is 18.1 Å². The van der Waals surface area contributed by atoms with E-state index in [-0.39, 0.29) is 18.1 Å². The molecule has 1 amide bonds. The fraction of sp³-hybridized carbons (Fsp3) is 0.438. The summed E-state index contributed by atoms with van der Waals surface area (Å²) in [6.45, 7) is 6.10. The number of amides is 1. The molecule has 20 heavy (non-hydrogen) atoms. The highest BCUT2D eigenvalue weighted by Gasteiger charge is 2.29. The van der Waals surface area contributed by atoms with Crippen molar-refractivity contribution < 1.29 is 13.9 Å². The molecule has 1 N–H and O–H groups in total. The lowest BCUT2D eigenvalue weighted by Gasteiger charge is -2.32. The fourth-order valence-corrected chi connectivity index (χ4v) is 2.31. The second-order valence-electron chi connectivity index (χ2n) is 5.74. The molecule has 0 atom stereocenters. The van der Waals surface area contributed by atoms with E-state index < -0.39 is 0 Å². The van der Waals surface area contributed by atoms with Gasteiger partial charge in [0.1, 0.15) is 12.4 Å². The standard InChI is InChI=1S/C16H20FNO2/c1-4-11(9-17)10-20-13-5-6-14-12(7-13)8-16(2,3)18-15(14)19/h5-7,9H,4,8,10H2,1-3H3,(H,18,19). The predicted molar refractivity (Wildman–Crippen MR) is 76.7 cm³/mol. The minimum absolute atomic E-state index is 0.0549. The van der Waals surface area contributed by atoms with Crippen LogP contribution in [0.3, 0.4) is 0 Å². The van der Waals surface area contributed by atoms with Crippen LogP contribution in [0.5, 0.6) is 5.75 Å². The predicted octanol–water partition coefficient (Wildman–Crippen LogP) is 3.39. The normalized spacial score (nSPS) is 17.4. The van der Waals surface area contributed by atoms with Crippen LogP contribution in [0.15, 0.2) is 30.1 Å². The Kier molecular flexibility index (Phi) is 4.12. The summed E-state index contributed by atoms with van der Waals surface area (Å²) < 4.78 is 18.1. The van der Waals surface area contributed by atoms with Crippen LogP contribution in [0.1, 0.15) is 43.1 Å². The Labute approximate surface area is 118 Å². The average Bonchev–Trinajstić information content (AvgIpc) is 2.38. The van der Waals surface area contributed by atoms with Gasteiger partial charge in [-0.1, -0.05) is 6.92 Å². The number of rotatable bonds is 4. The monoisotopic (exact) mass is 277 g/mol. The van der Waals surface area contributed by atoms with Crippen molar-refractivity contribution >= 4 is 5.91 Å². The second-order valence-corrected chi connectivity index (χ2v) is 5.74. The van der Waals surface area contributed by atoms with Crippen LogP contribution in [0.25, 0.3) is 0 Å². The lowest BCUT2D eigenvalue weighted by Crippen LogP contribution is -2.49. The summed E-state index contributed by atoms with van der Waals surface area (Å²) in [5, 5.41) is 2.96. The van der Waals surface area contributed by atoms with Gasteiger partial charge >= 0.3 is 0 Å². The van der Waals surface area contributed by atoms with Gasteiger partial charge in [-0.05, 0) is 56.0 Å². The molecule has 1 heterocycles. The molecule has 1 aliphatic rings. The van der Waals surface area contributed by atoms with Crippen molar-refractivity contribution in [3.05, 3.63) is 41.2 Å². The summed E-state index contributed by atoms with van der Waals surface area (Å²) in [6.07, 6.45) is 1.97. The van der Waals surface area contributed by atoms with E-state index >= 15 is 0 Å². The van der Waals surface area contributed by atoms with Gasteiger partial charge in [-0.2, -0.15) is 0 Å². The van der Waals surface area contributed by atoms with Gasteiger partial charge in [0.25, 0.3) is 5.91 Å². The molecule has 0 saturated heterocycles. The zero-order valence-corrected chi connectivity index (χ0v) is 12.1. The maximum Gasteiger partial charge on any atom is 0.251 e. The summed E-state index contributed by atoms with van der Waals surface area (Å²) in [7, 11) is 0. The van der Waals surface area contributed by atoms with E-state index in [9.17, 15) is 9.18 Å². The second kappa shape index (κ2) is 5.65. The molecule has 108 valence electrons. The Balaban J connectivity index is 2.17. The molecule has 4 heteroatoms. The Morgan fingerprint density at radius 3 is 2.90 bits per heavy atom. The van der Waals surface area contributed by atoms with Crippen LogP contribution in [0.2, 0.25) is 0 Å².